The smallest absolute Gasteiger partial charge is 0.411 e. The van der Waals surface area contributed by atoms with E-state index in [0.29, 0.717) is 69.6 Å². The number of hydrogen-bond acceptors (Lipinski definition) is 12. The van der Waals surface area contributed by atoms with Gasteiger partial charge in [0.2, 0.25) is 11.8 Å². The summed E-state index contributed by atoms with van der Waals surface area (Å²) in [6.45, 7) is 4.82. The molecular weight excluding hydrogens is 765 g/mol. The predicted molar refractivity (Wildman–Crippen MR) is 213 cm³/mol. The molecule has 3 atom stereocenters. The zero-order valence-corrected chi connectivity index (χ0v) is 33.6. The van der Waals surface area contributed by atoms with Crippen LogP contribution in [0.5, 0.6) is 0 Å². The number of rotatable bonds is 13. The molecule has 4 aromatic rings. The van der Waals surface area contributed by atoms with Crippen LogP contribution >= 0.6 is 0 Å². The molecule has 0 radical (unpaired) electrons. The first-order valence-electron chi connectivity index (χ1n) is 19.5. The van der Waals surface area contributed by atoms with Crippen LogP contribution in [0, 0.1) is 12.7 Å². The molecular formula is C42H48FN7O9. The van der Waals surface area contributed by atoms with Crippen molar-refractivity contribution < 1.29 is 42.9 Å². The number of nitrogens with one attached hydrogen (secondary N) is 2. The molecule has 2 aromatic heterocycles. The lowest BCUT2D eigenvalue weighted by molar-refractivity contribution is -0.172. The van der Waals surface area contributed by atoms with E-state index in [2.05, 4.69) is 10.6 Å². The van der Waals surface area contributed by atoms with Gasteiger partial charge >= 0.3 is 12.1 Å². The number of fused-ring (bicyclic) bond motifs is 5. The zero-order chi connectivity index (χ0) is 42.3. The summed E-state index contributed by atoms with van der Waals surface area (Å²) in [5, 5.41) is 17.8. The first kappa shape index (κ1) is 41.4. The van der Waals surface area contributed by atoms with Gasteiger partial charge in [-0.05, 0) is 87.7 Å². The molecule has 59 heavy (non-hydrogen) atoms. The highest BCUT2D eigenvalue weighted by Gasteiger charge is 2.46. The minimum absolute atomic E-state index is 0.0171. The van der Waals surface area contributed by atoms with Crippen molar-refractivity contribution in [2.75, 3.05) is 45.8 Å². The number of nitrogens with two attached hydrogens (primary N) is 1. The summed E-state index contributed by atoms with van der Waals surface area (Å²) in [6, 6.07) is 8.52. The number of halogens is 1. The lowest BCUT2D eigenvalue weighted by atomic mass is 9.81. The average Bonchev–Trinajstić information content (AvgIpc) is 3.58. The molecule has 3 amide bonds. The molecule has 312 valence electrons. The summed E-state index contributed by atoms with van der Waals surface area (Å²) in [5.41, 5.74) is 8.51. The van der Waals surface area contributed by atoms with Crippen molar-refractivity contribution >= 4 is 40.5 Å². The number of cyclic esters (lactones) is 1. The summed E-state index contributed by atoms with van der Waals surface area (Å²) in [7, 11) is 3.72. The van der Waals surface area contributed by atoms with Crippen molar-refractivity contribution in [1.29, 1.82) is 0 Å². The summed E-state index contributed by atoms with van der Waals surface area (Å²) >= 11 is 0. The number of esters is 1. The van der Waals surface area contributed by atoms with Crippen molar-refractivity contribution in [2.24, 2.45) is 5.73 Å². The number of aliphatic hydroxyl groups is 1. The number of carbonyl (C=O) groups is 4. The Kier molecular flexibility index (Phi) is 11.6. The SMILES string of the molecule is CC[C@@]1(O)C(=O)OCc2c1cc1n(c2=O)Cc2c-1nc1cc(F)c(C)c3c1c2[C@@H](NC(=O)COCN(CCN(C)C)C(=O)OCc1ccc(NC(=O)[C@H](C)N)cc1)CC3. The number of aromatic nitrogens is 2. The molecule has 0 fully saturated rings. The second-order valence-corrected chi connectivity index (χ2v) is 15.5. The van der Waals surface area contributed by atoms with Crippen LogP contribution in [0.15, 0.2) is 41.2 Å². The van der Waals surface area contributed by atoms with Gasteiger partial charge < -0.3 is 45.2 Å². The second-order valence-electron chi connectivity index (χ2n) is 15.5. The Morgan fingerprint density at radius 1 is 1.14 bits per heavy atom. The van der Waals surface area contributed by atoms with Crippen LogP contribution in [0.1, 0.15) is 71.7 Å². The highest BCUT2D eigenvalue weighted by atomic mass is 19.1. The molecule has 0 saturated carbocycles. The van der Waals surface area contributed by atoms with Crippen molar-refractivity contribution in [2.45, 2.75) is 77.5 Å². The van der Waals surface area contributed by atoms with Crippen LogP contribution < -0.4 is 21.9 Å². The minimum Gasteiger partial charge on any atom is -0.458 e. The van der Waals surface area contributed by atoms with Gasteiger partial charge in [0.15, 0.2) is 5.60 Å². The maximum atomic E-state index is 15.3. The number of amides is 3. The van der Waals surface area contributed by atoms with Crippen LogP contribution in [0.3, 0.4) is 0 Å². The quantitative estimate of drug-likeness (QED) is 0.1000. The Labute approximate surface area is 339 Å². The van der Waals surface area contributed by atoms with E-state index in [0.717, 1.165) is 5.56 Å². The normalized spacial score (nSPS) is 18.1. The molecule has 2 aliphatic heterocycles. The maximum absolute atomic E-state index is 15.3. The molecule has 7 rings (SSSR count). The Morgan fingerprint density at radius 2 is 1.88 bits per heavy atom. The number of anilines is 1. The fourth-order valence-corrected chi connectivity index (χ4v) is 7.89. The number of hydrogen-bond donors (Lipinski definition) is 4. The molecule has 0 unspecified atom stereocenters. The molecule has 3 aliphatic rings. The molecule has 16 nitrogen and oxygen atoms in total. The topological polar surface area (TPSA) is 208 Å². The highest BCUT2D eigenvalue weighted by Crippen LogP contribution is 2.46. The Hall–Kier alpha value is -5.75. The molecule has 0 saturated heterocycles. The summed E-state index contributed by atoms with van der Waals surface area (Å²) in [6.07, 6.45) is 0.219. The largest absolute Gasteiger partial charge is 0.458 e. The van der Waals surface area contributed by atoms with Gasteiger partial charge in [-0.1, -0.05) is 19.1 Å². The number of benzene rings is 2. The van der Waals surface area contributed by atoms with Crippen LogP contribution in [0.25, 0.3) is 22.3 Å². The number of carbonyl (C=O) groups excluding carboxylic acids is 4. The van der Waals surface area contributed by atoms with E-state index in [-0.39, 0.29) is 56.5 Å². The number of likely N-dealkylation sites (N-methyl/N-ethyl adjacent to an activating group) is 1. The van der Waals surface area contributed by atoms with E-state index < -0.39 is 53.6 Å². The first-order valence-corrected chi connectivity index (χ1v) is 19.5. The van der Waals surface area contributed by atoms with Crippen molar-refractivity contribution in [1.82, 2.24) is 24.7 Å². The fraction of sp³-hybridized carbons (Fsp3) is 0.429. The third-order valence-corrected chi connectivity index (χ3v) is 11.3. The Balaban J connectivity index is 1.08. The Morgan fingerprint density at radius 3 is 2.58 bits per heavy atom. The van der Waals surface area contributed by atoms with E-state index in [9.17, 15) is 29.1 Å². The maximum Gasteiger partial charge on any atom is 0.411 e. The van der Waals surface area contributed by atoms with Gasteiger partial charge in [0.1, 0.15) is 32.4 Å². The van der Waals surface area contributed by atoms with Gasteiger partial charge in [-0.2, -0.15) is 0 Å². The number of aryl methyl sites for hydroxylation is 1. The van der Waals surface area contributed by atoms with Gasteiger partial charge in [0.05, 0.1) is 41.1 Å². The van der Waals surface area contributed by atoms with Crippen LogP contribution in [0.4, 0.5) is 14.9 Å². The fourth-order valence-electron chi connectivity index (χ4n) is 7.89. The van der Waals surface area contributed by atoms with Gasteiger partial charge in [-0.3, -0.25) is 19.3 Å². The second kappa shape index (κ2) is 16.5. The molecule has 5 N–H and O–H groups in total. The minimum atomic E-state index is -2.01. The molecule has 0 spiro atoms. The van der Waals surface area contributed by atoms with E-state index >= 15 is 4.39 Å². The monoisotopic (exact) mass is 813 g/mol. The summed E-state index contributed by atoms with van der Waals surface area (Å²) in [4.78, 5) is 73.4. The molecule has 1 aliphatic carbocycles. The van der Waals surface area contributed by atoms with E-state index in [1.165, 1.54) is 15.5 Å². The summed E-state index contributed by atoms with van der Waals surface area (Å²) < 4.78 is 33.4. The first-order chi connectivity index (χ1) is 28.1. The van der Waals surface area contributed by atoms with E-state index in [1.807, 2.05) is 19.0 Å². The average molecular weight is 814 g/mol. The van der Waals surface area contributed by atoms with Gasteiger partial charge in [-0.15, -0.1) is 0 Å². The lowest BCUT2D eigenvalue weighted by Crippen LogP contribution is -2.44. The third kappa shape index (κ3) is 7.90. The third-order valence-electron chi connectivity index (χ3n) is 11.3. The van der Waals surface area contributed by atoms with Crippen molar-refractivity contribution in [3.05, 3.63) is 91.5 Å². The number of pyridine rings is 2. The van der Waals surface area contributed by atoms with E-state index in [1.54, 1.807) is 51.1 Å². The summed E-state index contributed by atoms with van der Waals surface area (Å²) in [5.74, 6) is -2.05. The Bertz CT molecular complexity index is 2420. The van der Waals surface area contributed by atoms with Crippen LogP contribution in [-0.4, -0.2) is 94.9 Å². The van der Waals surface area contributed by atoms with Crippen molar-refractivity contribution in [3.8, 4) is 11.4 Å². The molecule has 17 heteroatoms. The standard InChI is InChI=1S/C42H48FN7O9/c1-6-42(56)29-15-33-37-27(17-50(33)39(53)28(29)19-58-40(42)54)36-31(12-11-26-22(2)30(43)16-32(47-37)35(26)36)46-34(51)20-57-21-49(14-13-48(4)5)41(55)59-18-24-7-9-25(10-8-24)45-38(52)23(3)44/h7-10,15-16,23,31,56H,6,11-14,17-21,44H2,1-5H3,(H,45,52)(H,46,51)/t23-,31-,42-/m0/s1. The highest BCUT2D eigenvalue weighted by molar-refractivity contribution is 5.95. The predicted octanol–water partition coefficient (Wildman–Crippen LogP) is 3.09. The van der Waals surface area contributed by atoms with Gasteiger partial charge in [-0.25, -0.2) is 19.0 Å². The molecule has 4 heterocycles. The molecule has 2 aromatic carbocycles. The zero-order valence-electron chi connectivity index (χ0n) is 33.6. The van der Waals surface area contributed by atoms with E-state index in [4.69, 9.17) is 24.9 Å². The van der Waals surface area contributed by atoms with Gasteiger partial charge in [0, 0.05) is 41.4 Å². The number of ether oxygens (including phenoxy) is 3. The number of nitrogens with zero attached hydrogens (tertiary/aromatic N) is 4. The van der Waals surface area contributed by atoms with Gasteiger partial charge in [0.25, 0.3) is 5.56 Å². The van der Waals surface area contributed by atoms with Crippen LogP contribution in [0.2, 0.25) is 0 Å². The lowest BCUT2D eigenvalue weighted by Gasteiger charge is -2.31. The molecule has 0 bridgehead atoms. The van der Waals surface area contributed by atoms with Crippen LogP contribution in [-0.2, 0) is 60.4 Å². The van der Waals surface area contributed by atoms with Crippen molar-refractivity contribution in [3.63, 3.8) is 0 Å².